The van der Waals surface area contributed by atoms with Crippen molar-refractivity contribution >= 4 is 35.5 Å². The third-order valence-electron chi connectivity index (χ3n) is 5.80. The first-order valence-corrected chi connectivity index (χ1v) is 10.9. The number of imide groups is 1. The Morgan fingerprint density at radius 3 is 2.43 bits per heavy atom. The molecule has 30 heavy (non-hydrogen) atoms. The second-order valence-electron chi connectivity index (χ2n) is 7.35. The van der Waals surface area contributed by atoms with Gasteiger partial charge in [-0.05, 0) is 36.1 Å². The number of aliphatic hydroxyl groups excluding tert-OH is 1. The Kier molecular flexibility index (Phi) is 6.49. The zero-order valence-electron chi connectivity index (χ0n) is 16.7. The van der Waals surface area contributed by atoms with Crippen LogP contribution in [0.5, 0.6) is 0 Å². The monoisotopic (exact) mass is 436 g/mol. The van der Waals surface area contributed by atoms with Gasteiger partial charge in [0.25, 0.3) is 0 Å². The highest BCUT2D eigenvalue weighted by molar-refractivity contribution is 7.98. The number of amides is 2. The van der Waals surface area contributed by atoms with E-state index in [0.29, 0.717) is 17.5 Å². The molecule has 4 atom stereocenters. The number of nitrogens with zero attached hydrogens (tertiary/aromatic N) is 1. The summed E-state index contributed by atoms with van der Waals surface area (Å²) in [6.45, 7) is -0.626. The summed E-state index contributed by atoms with van der Waals surface area (Å²) in [6.07, 6.45) is 2.52. The minimum Gasteiger partial charge on any atom is -0.480 e. The Bertz CT molecular complexity index is 859. The molecule has 1 aromatic rings. The summed E-state index contributed by atoms with van der Waals surface area (Å²) in [5, 5.41) is 22.7. The number of carbonyl (C=O) groups is 4. The quantitative estimate of drug-likeness (QED) is 0.299. The molecule has 10 heteroatoms. The van der Waals surface area contributed by atoms with Crippen LogP contribution in [-0.2, 0) is 19.1 Å². The third-order valence-corrected chi connectivity index (χ3v) is 6.49. The summed E-state index contributed by atoms with van der Waals surface area (Å²) in [6, 6.07) is 5.39. The lowest BCUT2D eigenvalue weighted by atomic mass is 9.79. The number of hydrogen-bond acceptors (Lipinski definition) is 8. The number of thioether (sulfide) groups is 1. The number of esters is 1. The van der Waals surface area contributed by atoms with Crippen molar-refractivity contribution in [2.45, 2.75) is 18.0 Å². The summed E-state index contributed by atoms with van der Waals surface area (Å²) in [5.41, 5.74) is -1.12. The number of carbonyl (C=O) groups excluding carboxylic acids is 3. The van der Waals surface area contributed by atoms with Crippen LogP contribution in [0.15, 0.2) is 24.3 Å². The summed E-state index contributed by atoms with van der Waals surface area (Å²) in [5.74, 6) is -4.36. The maximum absolute atomic E-state index is 13.1. The summed E-state index contributed by atoms with van der Waals surface area (Å²) in [7, 11) is 1.26. The van der Waals surface area contributed by atoms with E-state index >= 15 is 0 Å². The molecular formula is C20H24N2O7S. The average molecular weight is 436 g/mol. The van der Waals surface area contributed by atoms with E-state index in [4.69, 9.17) is 0 Å². The van der Waals surface area contributed by atoms with E-state index in [2.05, 4.69) is 10.1 Å². The van der Waals surface area contributed by atoms with Crippen molar-refractivity contribution in [1.29, 1.82) is 0 Å². The third kappa shape index (κ3) is 3.48. The van der Waals surface area contributed by atoms with Gasteiger partial charge in [-0.3, -0.25) is 24.6 Å². The van der Waals surface area contributed by atoms with Crippen LogP contribution in [0, 0.1) is 11.8 Å². The van der Waals surface area contributed by atoms with Crippen LogP contribution >= 0.6 is 11.8 Å². The van der Waals surface area contributed by atoms with Gasteiger partial charge in [0, 0.05) is 12.6 Å². The molecule has 1 aromatic carbocycles. The molecular weight excluding hydrogens is 412 g/mol. The van der Waals surface area contributed by atoms with E-state index in [1.54, 1.807) is 23.9 Å². The van der Waals surface area contributed by atoms with Crippen LogP contribution in [0.2, 0.25) is 0 Å². The number of benzene rings is 1. The van der Waals surface area contributed by atoms with Crippen molar-refractivity contribution < 1.29 is 34.1 Å². The Hall–Kier alpha value is -2.43. The highest BCUT2D eigenvalue weighted by atomic mass is 32.2. The fourth-order valence-electron chi connectivity index (χ4n) is 4.29. The first kappa shape index (κ1) is 22.3. The smallest absolute Gasteiger partial charge is 0.337 e. The first-order chi connectivity index (χ1) is 14.3. The van der Waals surface area contributed by atoms with Gasteiger partial charge in [-0.25, -0.2) is 4.79 Å². The topological polar surface area (TPSA) is 133 Å². The van der Waals surface area contributed by atoms with Crippen molar-refractivity contribution in [3.8, 4) is 0 Å². The van der Waals surface area contributed by atoms with Gasteiger partial charge in [0.1, 0.15) is 0 Å². The number of carboxylic acid groups (broad SMARTS) is 1. The molecule has 0 aromatic heterocycles. The van der Waals surface area contributed by atoms with Gasteiger partial charge in [-0.1, -0.05) is 12.1 Å². The van der Waals surface area contributed by atoms with E-state index in [-0.39, 0.29) is 6.54 Å². The molecule has 0 bridgehead atoms. The van der Waals surface area contributed by atoms with E-state index < -0.39 is 53.8 Å². The molecule has 2 aliphatic heterocycles. The number of carboxylic acids is 1. The number of hydrogen-bond donors (Lipinski definition) is 3. The highest BCUT2D eigenvalue weighted by Gasteiger charge is 2.68. The minimum absolute atomic E-state index is 0.209. The molecule has 2 heterocycles. The lowest BCUT2D eigenvalue weighted by Crippen LogP contribution is -2.58. The lowest BCUT2D eigenvalue weighted by Gasteiger charge is -2.29. The highest BCUT2D eigenvalue weighted by Crippen LogP contribution is 2.48. The standard InChI is InChI=1S/C20H24N2O7S/c1-29-18(26)12-6-4-11(5-7-12)15-13-14(20(10-23,21-15)19(27)28)17(25)22(16(13)24)8-3-9-30-2/h4-7,13-15,21,23H,3,8-10H2,1-2H3,(H,27,28). The predicted octanol–water partition coefficient (Wildman–Crippen LogP) is 0.287. The fraction of sp³-hybridized carbons (Fsp3) is 0.500. The molecule has 0 radical (unpaired) electrons. The van der Waals surface area contributed by atoms with Crippen LogP contribution in [-0.4, -0.2) is 76.7 Å². The Morgan fingerprint density at radius 1 is 1.23 bits per heavy atom. The number of methoxy groups -OCH3 is 1. The van der Waals surface area contributed by atoms with Gasteiger partial charge in [0.05, 0.1) is 31.1 Å². The SMILES string of the molecule is COC(=O)c1ccc(C2NC(CO)(C(=O)O)C3C(=O)N(CCCSC)C(=O)C23)cc1. The summed E-state index contributed by atoms with van der Waals surface area (Å²) < 4.78 is 4.67. The fourth-order valence-corrected chi connectivity index (χ4v) is 4.71. The molecule has 3 N–H and O–H groups in total. The molecule has 162 valence electrons. The van der Waals surface area contributed by atoms with Crippen LogP contribution < -0.4 is 5.32 Å². The van der Waals surface area contributed by atoms with Gasteiger partial charge >= 0.3 is 11.9 Å². The number of nitrogens with one attached hydrogen (secondary N) is 1. The maximum Gasteiger partial charge on any atom is 0.337 e. The van der Waals surface area contributed by atoms with Gasteiger partial charge in [0.15, 0.2) is 5.54 Å². The molecule has 0 aliphatic carbocycles. The van der Waals surface area contributed by atoms with Crippen LogP contribution in [0.25, 0.3) is 0 Å². The van der Waals surface area contributed by atoms with Gasteiger partial charge < -0.3 is 14.9 Å². The molecule has 2 saturated heterocycles. The van der Waals surface area contributed by atoms with Crippen molar-refractivity contribution in [2.75, 3.05) is 32.3 Å². The normalized spacial score (nSPS) is 28.0. The van der Waals surface area contributed by atoms with E-state index in [1.165, 1.54) is 19.2 Å². The maximum atomic E-state index is 13.1. The second kappa shape index (κ2) is 8.75. The van der Waals surface area contributed by atoms with Gasteiger partial charge in [-0.15, -0.1) is 0 Å². The van der Waals surface area contributed by atoms with E-state index in [9.17, 15) is 29.4 Å². The van der Waals surface area contributed by atoms with Crippen LogP contribution in [0.4, 0.5) is 0 Å². The van der Waals surface area contributed by atoms with Crippen LogP contribution in [0.1, 0.15) is 28.4 Å². The first-order valence-electron chi connectivity index (χ1n) is 9.46. The number of aliphatic hydroxyl groups is 1. The number of rotatable bonds is 8. The number of aliphatic carboxylic acids is 1. The van der Waals surface area contributed by atoms with Gasteiger partial charge in [-0.2, -0.15) is 11.8 Å². The lowest BCUT2D eigenvalue weighted by molar-refractivity contribution is -0.153. The summed E-state index contributed by atoms with van der Waals surface area (Å²) >= 11 is 1.59. The van der Waals surface area contributed by atoms with Crippen molar-refractivity contribution in [3.63, 3.8) is 0 Å². The molecule has 2 fully saturated rings. The number of ether oxygens (including phenoxy) is 1. The Labute approximate surface area is 177 Å². The summed E-state index contributed by atoms with van der Waals surface area (Å²) in [4.78, 5) is 51.1. The molecule has 0 saturated carbocycles. The molecule has 9 nitrogen and oxygen atoms in total. The molecule has 0 spiro atoms. The van der Waals surface area contributed by atoms with E-state index in [1.807, 2.05) is 6.26 Å². The van der Waals surface area contributed by atoms with E-state index in [0.717, 1.165) is 10.7 Å². The largest absolute Gasteiger partial charge is 0.480 e. The minimum atomic E-state index is -1.96. The number of likely N-dealkylation sites (tertiary alicyclic amines) is 1. The van der Waals surface area contributed by atoms with Crippen LogP contribution in [0.3, 0.4) is 0 Å². The second-order valence-corrected chi connectivity index (χ2v) is 8.33. The number of fused-ring (bicyclic) bond motifs is 1. The van der Waals surface area contributed by atoms with Crippen molar-refractivity contribution in [2.24, 2.45) is 11.8 Å². The average Bonchev–Trinajstić information content (AvgIpc) is 3.23. The van der Waals surface area contributed by atoms with Crippen molar-refractivity contribution in [1.82, 2.24) is 10.2 Å². The zero-order valence-corrected chi connectivity index (χ0v) is 17.5. The predicted molar refractivity (Wildman–Crippen MR) is 108 cm³/mol. The Morgan fingerprint density at radius 2 is 1.90 bits per heavy atom. The van der Waals surface area contributed by atoms with Crippen molar-refractivity contribution in [3.05, 3.63) is 35.4 Å². The molecule has 3 rings (SSSR count). The molecule has 2 aliphatic rings. The molecule has 2 amide bonds. The Balaban J connectivity index is 1.99. The van der Waals surface area contributed by atoms with Gasteiger partial charge in [0.2, 0.25) is 11.8 Å². The molecule has 4 unspecified atom stereocenters. The zero-order chi connectivity index (χ0) is 22.1.